The Morgan fingerprint density at radius 1 is 1.04 bits per heavy atom. The van der Waals surface area contributed by atoms with Crippen molar-refractivity contribution in [2.45, 2.75) is 6.54 Å². The van der Waals surface area contributed by atoms with Gasteiger partial charge in [-0.3, -0.25) is 14.8 Å². The topological polar surface area (TPSA) is 83.6 Å². The number of aromatic nitrogens is 4. The van der Waals surface area contributed by atoms with Gasteiger partial charge in [-0.25, -0.2) is 4.98 Å². The Kier molecular flexibility index (Phi) is 3.92. The fourth-order valence-corrected chi connectivity index (χ4v) is 2.71. The van der Waals surface area contributed by atoms with E-state index in [0.29, 0.717) is 12.1 Å². The van der Waals surface area contributed by atoms with E-state index in [1.54, 1.807) is 37.1 Å². The van der Waals surface area contributed by atoms with Gasteiger partial charge in [-0.1, -0.05) is 6.07 Å². The number of nitrogens with zero attached hydrogens (tertiary/aromatic N) is 3. The average molecular weight is 329 g/mol. The SMILES string of the molecule is O=C(NCc1cccnc1-c1ccncc1)c1ccc2nc[nH]c2c1. The van der Waals surface area contributed by atoms with Crippen molar-refractivity contribution in [2.75, 3.05) is 0 Å². The first kappa shape index (κ1) is 15.0. The second kappa shape index (κ2) is 6.52. The summed E-state index contributed by atoms with van der Waals surface area (Å²) in [5, 5.41) is 2.95. The van der Waals surface area contributed by atoms with Gasteiger partial charge in [-0.05, 0) is 42.0 Å². The number of nitrogens with one attached hydrogen (secondary N) is 2. The summed E-state index contributed by atoms with van der Waals surface area (Å²) >= 11 is 0. The smallest absolute Gasteiger partial charge is 0.251 e. The van der Waals surface area contributed by atoms with Crippen molar-refractivity contribution in [3.8, 4) is 11.3 Å². The molecule has 0 spiro atoms. The number of pyridine rings is 2. The van der Waals surface area contributed by atoms with Crippen LogP contribution in [0, 0.1) is 0 Å². The van der Waals surface area contributed by atoms with Gasteiger partial charge in [0, 0.05) is 36.3 Å². The second-order valence-electron chi connectivity index (χ2n) is 5.56. The molecule has 0 radical (unpaired) electrons. The van der Waals surface area contributed by atoms with Crippen molar-refractivity contribution in [3.63, 3.8) is 0 Å². The van der Waals surface area contributed by atoms with Crippen LogP contribution in [0.5, 0.6) is 0 Å². The predicted octanol–water partition coefficient (Wildman–Crippen LogP) is 2.95. The van der Waals surface area contributed by atoms with Crippen LogP contribution in [0.3, 0.4) is 0 Å². The van der Waals surface area contributed by atoms with E-state index in [2.05, 4.69) is 25.3 Å². The van der Waals surface area contributed by atoms with Crippen LogP contribution in [0.2, 0.25) is 0 Å². The molecule has 0 aliphatic heterocycles. The van der Waals surface area contributed by atoms with Gasteiger partial charge in [0.25, 0.3) is 5.91 Å². The zero-order chi connectivity index (χ0) is 17.1. The van der Waals surface area contributed by atoms with Gasteiger partial charge in [-0.15, -0.1) is 0 Å². The van der Waals surface area contributed by atoms with Crippen molar-refractivity contribution < 1.29 is 4.79 Å². The number of amides is 1. The van der Waals surface area contributed by atoms with Gasteiger partial charge in [0.2, 0.25) is 0 Å². The third-order valence-corrected chi connectivity index (χ3v) is 3.97. The molecule has 1 aromatic carbocycles. The second-order valence-corrected chi connectivity index (χ2v) is 5.56. The molecule has 0 saturated heterocycles. The average Bonchev–Trinajstić information content (AvgIpc) is 3.15. The summed E-state index contributed by atoms with van der Waals surface area (Å²) in [5.41, 5.74) is 5.03. The normalized spacial score (nSPS) is 10.7. The van der Waals surface area contributed by atoms with Gasteiger partial charge < -0.3 is 10.3 Å². The first-order valence-corrected chi connectivity index (χ1v) is 7.87. The van der Waals surface area contributed by atoms with Crippen LogP contribution < -0.4 is 5.32 Å². The molecule has 4 aromatic rings. The van der Waals surface area contributed by atoms with E-state index >= 15 is 0 Å². The summed E-state index contributed by atoms with van der Waals surface area (Å²) in [6, 6.07) is 13.0. The molecule has 6 nitrogen and oxygen atoms in total. The van der Waals surface area contributed by atoms with Gasteiger partial charge in [-0.2, -0.15) is 0 Å². The van der Waals surface area contributed by atoms with Crippen LogP contribution in [0.15, 0.2) is 67.4 Å². The lowest BCUT2D eigenvalue weighted by Gasteiger charge is -2.10. The molecule has 0 aliphatic rings. The number of hydrogen-bond donors (Lipinski definition) is 2. The molecule has 1 amide bonds. The molecule has 2 N–H and O–H groups in total. The summed E-state index contributed by atoms with van der Waals surface area (Å²) in [5.74, 6) is -0.138. The molecular formula is C19H15N5O. The molecule has 0 atom stereocenters. The molecule has 4 rings (SSSR count). The highest BCUT2D eigenvalue weighted by Crippen LogP contribution is 2.20. The van der Waals surface area contributed by atoms with Gasteiger partial charge in [0.15, 0.2) is 0 Å². The third-order valence-electron chi connectivity index (χ3n) is 3.97. The van der Waals surface area contributed by atoms with Crippen LogP contribution in [0.4, 0.5) is 0 Å². The van der Waals surface area contributed by atoms with E-state index in [9.17, 15) is 4.79 Å². The Bertz CT molecular complexity index is 1030. The van der Waals surface area contributed by atoms with E-state index in [4.69, 9.17) is 0 Å². The fraction of sp³-hybridized carbons (Fsp3) is 0.0526. The van der Waals surface area contributed by atoms with Crippen LogP contribution in [0.1, 0.15) is 15.9 Å². The van der Waals surface area contributed by atoms with E-state index in [1.165, 1.54) is 0 Å². The van der Waals surface area contributed by atoms with Crippen molar-refractivity contribution >= 4 is 16.9 Å². The maximum atomic E-state index is 12.5. The molecular weight excluding hydrogens is 314 g/mol. The summed E-state index contributed by atoms with van der Waals surface area (Å²) < 4.78 is 0. The molecule has 0 unspecified atom stereocenters. The Hall–Kier alpha value is -3.54. The predicted molar refractivity (Wildman–Crippen MR) is 94.7 cm³/mol. The van der Waals surface area contributed by atoms with Crippen molar-refractivity contribution in [3.05, 3.63) is 78.5 Å². The maximum absolute atomic E-state index is 12.5. The Balaban J connectivity index is 1.54. The number of imidazole rings is 1. The van der Waals surface area contributed by atoms with Gasteiger partial charge >= 0.3 is 0 Å². The number of carbonyl (C=O) groups excluding carboxylic acids is 1. The zero-order valence-corrected chi connectivity index (χ0v) is 13.3. The molecule has 3 aromatic heterocycles. The molecule has 122 valence electrons. The van der Waals surface area contributed by atoms with E-state index in [0.717, 1.165) is 27.9 Å². The molecule has 3 heterocycles. The lowest BCUT2D eigenvalue weighted by Crippen LogP contribution is -2.23. The molecule has 6 heteroatoms. The summed E-state index contributed by atoms with van der Waals surface area (Å²) in [6.45, 7) is 0.394. The van der Waals surface area contributed by atoms with E-state index in [-0.39, 0.29) is 5.91 Å². The quantitative estimate of drug-likeness (QED) is 0.603. The van der Waals surface area contributed by atoms with E-state index in [1.807, 2.05) is 30.3 Å². The fourth-order valence-electron chi connectivity index (χ4n) is 2.71. The maximum Gasteiger partial charge on any atom is 0.251 e. The lowest BCUT2D eigenvalue weighted by molar-refractivity contribution is 0.0951. The highest BCUT2D eigenvalue weighted by molar-refractivity contribution is 5.97. The van der Waals surface area contributed by atoms with Crippen molar-refractivity contribution in [2.24, 2.45) is 0 Å². The number of rotatable bonds is 4. The van der Waals surface area contributed by atoms with Crippen LogP contribution in [-0.2, 0) is 6.54 Å². The minimum absolute atomic E-state index is 0.138. The largest absolute Gasteiger partial charge is 0.348 e. The van der Waals surface area contributed by atoms with Crippen molar-refractivity contribution in [1.29, 1.82) is 0 Å². The number of fused-ring (bicyclic) bond motifs is 1. The molecule has 25 heavy (non-hydrogen) atoms. The summed E-state index contributed by atoms with van der Waals surface area (Å²) in [7, 11) is 0. The number of aromatic amines is 1. The van der Waals surface area contributed by atoms with Crippen LogP contribution in [-0.4, -0.2) is 25.8 Å². The number of benzene rings is 1. The molecule has 0 saturated carbocycles. The lowest BCUT2D eigenvalue weighted by atomic mass is 10.1. The standard InChI is InChI=1S/C19H15N5O/c25-19(14-3-4-16-17(10-14)24-12-23-16)22-11-15-2-1-7-21-18(15)13-5-8-20-9-6-13/h1-10,12H,11H2,(H,22,25)(H,23,24). The highest BCUT2D eigenvalue weighted by atomic mass is 16.1. The monoisotopic (exact) mass is 329 g/mol. The van der Waals surface area contributed by atoms with Crippen LogP contribution >= 0.6 is 0 Å². The minimum atomic E-state index is -0.138. The van der Waals surface area contributed by atoms with Gasteiger partial charge in [0.05, 0.1) is 23.1 Å². The Morgan fingerprint density at radius 3 is 2.80 bits per heavy atom. The first-order valence-electron chi connectivity index (χ1n) is 7.87. The molecule has 0 bridgehead atoms. The molecule has 0 aliphatic carbocycles. The highest BCUT2D eigenvalue weighted by Gasteiger charge is 2.10. The zero-order valence-electron chi connectivity index (χ0n) is 13.3. The Labute approximate surface area is 144 Å². The first-order chi connectivity index (χ1) is 12.3. The third kappa shape index (κ3) is 3.10. The summed E-state index contributed by atoms with van der Waals surface area (Å²) in [6.07, 6.45) is 6.81. The van der Waals surface area contributed by atoms with Gasteiger partial charge in [0.1, 0.15) is 0 Å². The number of H-pyrrole nitrogens is 1. The van der Waals surface area contributed by atoms with E-state index < -0.39 is 0 Å². The number of carbonyl (C=O) groups is 1. The molecule has 0 fully saturated rings. The number of hydrogen-bond acceptors (Lipinski definition) is 4. The minimum Gasteiger partial charge on any atom is -0.348 e. The van der Waals surface area contributed by atoms with Crippen molar-refractivity contribution in [1.82, 2.24) is 25.3 Å². The Morgan fingerprint density at radius 2 is 1.92 bits per heavy atom. The summed E-state index contributed by atoms with van der Waals surface area (Å²) in [4.78, 5) is 28.1. The van der Waals surface area contributed by atoms with Crippen LogP contribution in [0.25, 0.3) is 22.3 Å².